The fourth-order valence-electron chi connectivity index (χ4n) is 1.77. The highest BCUT2D eigenvalue weighted by Gasteiger charge is 2.05. The zero-order valence-electron chi connectivity index (χ0n) is 11.7. The molecule has 0 bridgehead atoms. The first-order chi connectivity index (χ1) is 10.6. The van der Waals surface area contributed by atoms with Crippen molar-refractivity contribution in [2.45, 2.75) is 0 Å². The topological polar surface area (TPSA) is 69.4 Å². The van der Waals surface area contributed by atoms with E-state index in [2.05, 4.69) is 0 Å². The lowest BCUT2D eigenvalue weighted by molar-refractivity contribution is -0.119. The van der Waals surface area contributed by atoms with Gasteiger partial charge in [-0.25, -0.2) is 4.39 Å². The summed E-state index contributed by atoms with van der Waals surface area (Å²) in [7, 11) is 0. The van der Waals surface area contributed by atoms with E-state index in [-0.39, 0.29) is 12.4 Å². The Balaban J connectivity index is 2.11. The summed E-state index contributed by atoms with van der Waals surface area (Å²) in [5, 5.41) is 0. The van der Waals surface area contributed by atoms with E-state index in [0.717, 1.165) is 0 Å². The van der Waals surface area contributed by atoms with E-state index in [9.17, 15) is 14.0 Å². The van der Waals surface area contributed by atoms with Gasteiger partial charge >= 0.3 is 0 Å². The second kappa shape index (κ2) is 7.17. The first-order valence-electron chi connectivity index (χ1n) is 6.54. The molecule has 0 heterocycles. The van der Waals surface area contributed by atoms with Gasteiger partial charge in [-0.1, -0.05) is 30.3 Å². The number of rotatable bonds is 6. The minimum atomic E-state index is -0.601. The molecule has 0 aromatic heterocycles. The maximum absolute atomic E-state index is 13.5. The van der Waals surface area contributed by atoms with Gasteiger partial charge in [0.15, 0.2) is 12.4 Å². The van der Waals surface area contributed by atoms with Crippen LogP contribution >= 0.6 is 0 Å². The molecular formula is C17H14FNO3. The molecule has 2 rings (SSSR count). The van der Waals surface area contributed by atoms with Gasteiger partial charge in [0, 0.05) is 11.1 Å². The third-order valence-electron chi connectivity index (χ3n) is 2.82. The standard InChI is InChI=1S/C17H14FNO3/c18-15-7-2-1-4-12(15)8-9-16(20)13-5-3-6-14(10-13)22-11-17(19)21/h1-10H,11H2,(H2,19,21)/b9-8+. The summed E-state index contributed by atoms with van der Waals surface area (Å²) in [4.78, 5) is 22.7. The van der Waals surface area contributed by atoms with E-state index < -0.39 is 11.7 Å². The molecule has 0 saturated heterocycles. The average Bonchev–Trinajstić information content (AvgIpc) is 2.52. The van der Waals surface area contributed by atoms with Gasteiger partial charge < -0.3 is 10.5 Å². The molecule has 1 amide bonds. The van der Waals surface area contributed by atoms with E-state index in [1.165, 1.54) is 24.3 Å². The lowest BCUT2D eigenvalue weighted by atomic mass is 10.1. The van der Waals surface area contributed by atoms with Crippen LogP contribution < -0.4 is 10.5 Å². The van der Waals surface area contributed by atoms with E-state index in [1.54, 1.807) is 36.4 Å². The first kappa shape index (κ1) is 15.4. The molecular weight excluding hydrogens is 285 g/mol. The minimum absolute atomic E-state index is 0.261. The van der Waals surface area contributed by atoms with E-state index >= 15 is 0 Å². The molecule has 112 valence electrons. The van der Waals surface area contributed by atoms with Crippen molar-refractivity contribution in [1.29, 1.82) is 0 Å². The zero-order valence-corrected chi connectivity index (χ0v) is 11.7. The fourth-order valence-corrected chi connectivity index (χ4v) is 1.77. The zero-order chi connectivity index (χ0) is 15.9. The summed E-state index contributed by atoms with van der Waals surface area (Å²) in [6.45, 7) is -0.261. The van der Waals surface area contributed by atoms with Crippen LogP contribution in [0.3, 0.4) is 0 Å². The molecule has 0 unspecified atom stereocenters. The van der Waals surface area contributed by atoms with Gasteiger partial charge in [-0.2, -0.15) is 0 Å². The summed E-state index contributed by atoms with van der Waals surface area (Å²) >= 11 is 0. The van der Waals surface area contributed by atoms with Crippen molar-refractivity contribution in [1.82, 2.24) is 0 Å². The molecule has 2 N–H and O–H groups in total. The van der Waals surface area contributed by atoms with Crippen LogP contribution in [0.4, 0.5) is 4.39 Å². The van der Waals surface area contributed by atoms with Gasteiger partial charge in [-0.15, -0.1) is 0 Å². The van der Waals surface area contributed by atoms with Gasteiger partial charge in [0.2, 0.25) is 0 Å². The van der Waals surface area contributed by atoms with Crippen LogP contribution in [0.15, 0.2) is 54.6 Å². The molecule has 2 aromatic rings. The largest absolute Gasteiger partial charge is 0.484 e. The predicted octanol–water partition coefficient (Wildman–Crippen LogP) is 2.59. The van der Waals surface area contributed by atoms with Crippen molar-refractivity contribution in [2.24, 2.45) is 5.73 Å². The van der Waals surface area contributed by atoms with Crippen LogP contribution in [0.25, 0.3) is 6.08 Å². The number of nitrogens with two attached hydrogens (primary N) is 1. The molecule has 0 atom stereocenters. The number of ketones is 1. The Morgan fingerprint density at radius 2 is 1.91 bits per heavy atom. The Bertz CT molecular complexity index is 725. The van der Waals surface area contributed by atoms with Crippen LogP contribution in [0.2, 0.25) is 0 Å². The maximum atomic E-state index is 13.5. The molecule has 0 radical (unpaired) electrons. The maximum Gasteiger partial charge on any atom is 0.255 e. The van der Waals surface area contributed by atoms with Crippen molar-refractivity contribution in [3.8, 4) is 5.75 Å². The van der Waals surface area contributed by atoms with Gasteiger partial charge in [0.1, 0.15) is 11.6 Å². The monoisotopic (exact) mass is 299 g/mol. The number of benzene rings is 2. The normalized spacial score (nSPS) is 10.6. The highest BCUT2D eigenvalue weighted by Crippen LogP contribution is 2.15. The highest BCUT2D eigenvalue weighted by molar-refractivity contribution is 6.07. The van der Waals surface area contributed by atoms with Crippen LogP contribution in [0.1, 0.15) is 15.9 Å². The molecule has 0 fully saturated rings. The van der Waals surface area contributed by atoms with Crippen molar-refractivity contribution in [3.05, 3.63) is 71.6 Å². The number of ether oxygens (including phenoxy) is 1. The summed E-state index contributed by atoms with van der Waals surface area (Å²) in [5.74, 6) is -0.932. The van der Waals surface area contributed by atoms with Crippen LogP contribution in [0, 0.1) is 5.82 Å². The number of carbonyl (C=O) groups excluding carboxylic acids is 2. The Morgan fingerprint density at radius 3 is 2.64 bits per heavy atom. The average molecular weight is 299 g/mol. The van der Waals surface area contributed by atoms with Crippen molar-refractivity contribution < 1.29 is 18.7 Å². The van der Waals surface area contributed by atoms with Crippen LogP contribution in [-0.2, 0) is 4.79 Å². The Labute approximate surface area is 127 Å². The molecule has 0 spiro atoms. The highest BCUT2D eigenvalue weighted by atomic mass is 19.1. The SMILES string of the molecule is NC(=O)COc1cccc(C(=O)/C=C/c2ccccc2F)c1. The molecule has 0 saturated carbocycles. The minimum Gasteiger partial charge on any atom is -0.484 e. The Kier molecular flexibility index (Phi) is 5.03. The molecule has 5 heteroatoms. The number of carbonyl (C=O) groups is 2. The summed E-state index contributed by atoms with van der Waals surface area (Å²) in [6, 6.07) is 12.5. The number of hydrogen-bond donors (Lipinski definition) is 1. The van der Waals surface area contributed by atoms with E-state index in [0.29, 0.717) is 16.9 Å². The fraction of sp³-hybridized carbons (Fsp3) is 0.0588. The van der Waals surface area contributed by atoms with Crippen molar-refractivity contribution >= 4 is 17.8 Å². The molecule has 2 aromatic carbocycles. The second-order valence-electron chi connectivity index (χ2n) is 4.50. The smallest absolute Gasteiger partial charge is 0.255 e. The van der Waals surface area contributed by atoms with E-state index in [1.807, 2.05) is 0 Å². The van der Waals surface area contributed by atoms with Crippen molar-refractivity contribution in [2.75, 3.05) is 6.61 Å². The number of allylic oxidation sites excluding steroid dienone is 1. The second-order valence-corrected chi connectivity index (χ2v) is 4.50. The third kappa shape index (κ3) is 4.28. The van der Waals surface area contributed by atoms with Gasteiger partial charge in [0.05, 0.1) is 0 Å². The summed E-state index contributed by atoms with van der Waals surface area (Å²) in [5.41, 5.74) is 5.69. The third-order valence-corrected chi connectivity index (χ3v) is 2.82. The van der Waals surface area contributed by atoms with Gasteiger partial charge in [0.25, 0.3) is 5.91 Å². The lowest BCUT2D eigenvalue weighted by Crippen LogP contribution is -2.20. The van der Waals surface area contributed by atoms with Gasteiger partial charge in [-0.3, -0.25) is 9.59 Å². The Hall–Kier alpha value is -2.95. The Morgan fingerprint density at radius 1 is 1.14 bits per heavy atom. The quantitative estimate of drug-likeness (QED) is 0.658. The van der Waals surface area contributed by atoms with Crippen LogP contribution in [-0.4, -0.2) is 18.3 Å². The number of hydrogen-bond acceptors (Lipinski definition) is 3. The number of primary amides is 1. The predicted molar refractivity (Wildman–Crippen MR) is 80.9 cm³/mol. The summed E-state index contributed by atoms with van der Waals surface area (Å²) in [6.07, 6.45) is 2.69. The van der Waals surface area contributed by atoms with E-state index in [4.69, 9.17) is 10.5 Å². The molecule has 4 nitrogen and oxygen atoms in total. The summed E-state index contributed by atoms with van der Waals surface area (Å²) < 4.78 is 18.6. The number of halogens is 1. The van der Waals surface area contributed by atoms with Crippen LogP contribution in [0.5, 0.6) is 5.75 Å². The van der Waals surface area contributed by atoms with Gasteiger partial charge in [-0.05, 0) is 30.4 Å². The van der Waals surface area contributed by atoms with Crippen molar-refractivity contribution in [3.63, 3.8) is 0 Å². The first-order valence-corrected chi connectivity index (χ1v) is 6.54. The lowest BCUT2D eigenvalue weighted by Gasteiger charge is -2.04. The molecule has 0 aliphatic carbocycles. The molecule has 0 aliphatic rings. The number of amides is 1. The molecule has 22 heavy (non-hydrogen) atoms. The molecule has 0 aliphatic heterocycles.